The molecular weight excluding hydrogens is 374 g/mol. The lowest BCUT2D eigenvalue weighted by Crippen LogP contribution is -2.53. The number of carbonyl (C=O) groups excluding carboxylic acids is 4. The second-order valence-corrected chi connectivity index (χ2v) is 6.78. The lowest BCUT2D eigenvalue weighted by atomic mass is 10.1. The van der Waals surface area contributed by atoms with Gasteiger partial charge in [-0.2, -0.15) is 0 Å². The van der Waals surface area contributed by atoms with Crippen molar-refractivity contribution in [3.05, 3.63) is 42.5 Å². The Kier molecular flexibility index (Phi) is 7.30. The van der Waals surface area contributed by atoms with Crippen LogP contribution in [-0.2, 0) is 19.2 Å². The molecule has 0 saturated carbocycles. The van der Waals surface area contributed by atoms with Gasteiger partial charge in [0.05, 0.1) is 0 Å². The summed E-state index contributed by atoms with van der Waals surface area (Å²) in [6.07, 6.45) is 0. The predicted octanol–water partition coefficient (Wildman–Crippen LogP) is 1.28. The molecule has 0 radical (unpaired) electrons. The maximum atomic E-state index is 12.4. The summed E-state index contributed by atoms with van der Waals surface area (Å²) in [6.45, 7) is 5.78. The summed E-state index contributed by atoms with van der Waals surface area (Å²) in [7, 11) is 0. The van der Waals surface area contributed by atoms with Gasteiger partial charge in [0.15, 0.2) is 0 Å². The Bertz CT molecular complexity index is 922. The zero-order chi connectivity index (χ0) is 21.6. The van der Waals surface area contributed by atoms with E-state index in [0.717, 1.165) is 10.8 Å². The second-order valence-electron chi connectivity index (χ2n) is 6.78. The van der Waals surface area contributed by atoms with Crippen LogP contribution in [0.4, 0.5) is 0 Å². The molecule has 8 nitrogen and oxygen atoms in total. The molecule has 0 heterocycles. The lowest BCUT2D eigenvalue weighted by molar-refractivity contribution is -0.139. The average Bonchev–Trinajstić information content (AvgIpc) is 2.67. The fraction of sp³-hybridized carbons (Fsp3) is 0.333. The van der Waals surface area contributed by atoms with Crippen LogP contribution >= 0.6 is 0 Å². The molecule has 154 valence electrons. The molecule has 29 heavy (non-hydrogen) atoms. The second kappa shape index (κ2) is 9.68. The number of carbonyl (C=O) groups is 4. The van der Waals surface area contributed by atoms with Crippen molar-refractivity contribution in [3.63, 3.8) is 0 Å². The highest BCUT2D eigenvalue weighted by atomic mass is 16.5. The minimum atomic E-state index is -0.923. The first-order valence-corrected chi connectivity index (χ1v) is 9.26. The van der Waals surface area contributed by atoms with E-state index >= 15 is 0 Å². The van der Waals surface area contributed by atoms with Gasteiger partial charge < -0.3 is 20.7 Å². The number of benzene rings is 2. The van der Waals surface area contributed by atoms with Gasteiger partial charge in [0, 0.05) is 12.3 Å². The molecule has 0 fully saturated rings. The standard InChI is InChI=1S/C21H25N3O5/c1-12(22-15(4)25)19(26)23-13(2)20(27)24-14(3)21(28)29-18-11-7-9-16-8-5-6-10-17(16)18/h5-14H,1-4H3,(H,22,25)(H,23,26)(H,24,27)/t12-,13-,14-/m0/s1. The minimum Gasteiger partial charge on any atom is -0.424 e. The van der Waals surface area contributed by atoms with E-state index in [0.29, 0.717) is 5.75 Å². The molecule has 0 aromatic heterocycles. The SMILES string of the molecule is CC(=O)N[C@@H](C)C(=O)N[C@@H](C)C(=O)N[C@@H](C)C(=O)Oc1cccc2ccccc12. The van der Waals surface area contributed by atoms with Crippen LogP contribution in [0.15, 0.2) is 42.5 Å². The normalized spacial score (nSPS) is 13.7. The van der Waals surface area contributed by atoms with E-state index in [2.05, 4.69) is 16.0 Å². The van der Waals surface area contributed by atoms with Crippen LogP contribution in [0.2, 0.25) is 0 Å². The molecule has 0 saturated heterocycles. The summed E-state index contributed by atoms with van der Waals surface area (Å²) >= 11 is 0. The third-order valence-corrected chi connectivity index (χ3v) is 4.24. The highest BCUT2D eigenvalue weighted by molar-refractivity contribution is 5.94. The summed E-state index contributed by atoms with van der Waals surface area (Å²) in [4.78, 5) is 47.7. The first-order chi connectivity index (χ1) is 13.7. The van der Waals surface area contributed by atoms with Gasteiger partial charge in [0.2, 0.25) is 17.7 Å². The van der Waals surface area contributed by atoms with Crippen LogP contribution in [0, 0.1) is 0 Å². The summed E-state index contributed by atoms with van der Waals surface area (Å²) in [5, 5.41) is 9.15. The maximum Gasteiger partial charge on any atom is 0.333 e. The fourth-order valence-electron chi connectivity index (χ4n) is 2.65. The third-order valence-electron chi connectivity index (χ3n) is 4.24. The zero-order valence-electron chi connectivity index (χ0n) is 16.8. The molecule has 0 aliphatic carbocycles. The summed E-state index contributed by atoms with van der Waals surface area (Å²) in [5.74, 6) is -1.63. The van der Waals surface area contributed by atoms with Gasteiger partial charge in [0.25, 0.3) is 0 Å². The number of hydrogen-bond acceptors (Lipinski definition) is 5. The van der Waals surface area contributed by atoms with Crippen LogP contribution in [-0.4, -0.2) is 41.8 Å². The molecule has 0 aliphatic heterocycles. The van der Waals surface area contributed by atoms with Crippen molar-refractivity contribution in [2.45, 2.75) is 45.8 Å². The largest absolute Gasteiger partial charge is 0.424 e. The Balaban J connectivity index is 1.93. The number of esters is 1. The number of amides is 3. The molecule has 0 aliphatic rings. The molecule has 8 heteroatoms. The van der Waals surface area contributed by atoms with Crippen LogP contribution < -0.4 is 20.7 Å². The van der Waals surface area contributed by atoms with Crippen LogP contribution in [0.25, 0.3) is 10.8 Å². The highest BCUT2D eigenvalue weighted by Gasteiger charge is 2.24. The summed E-state index contributed by atoms with van der Waals surface area (Å²) < 4.78 is 5.44. The molecule has 3 N–H and O–H groups in total. The monoisotopic (exact) mass is 399 g/mol. The van der Waals surface area contributed by atoms with Crippen molar-refractivity contribution in [3.8, 4) is 5.75 Å². The van der Waals surface area contributed by atoms with Crippen LogP contribution in [0.1, 0.15) is 27.7 Å². The summed E-state index contributed by atoms with van der Waals surface area (Å²) in [5.41, 5.74) is 0. The third kappa shape index (κ3) is 6.03. The number of rotatable bonds is 7. The van der Waals surface area contributed by atoms with Gasteiger partial charge in [-0.3, -0.25) is 14.4 Å². The number of hydrogen-bond donors (Lipinski definition) is 3. The predicted molar refractivity (Wildman–Crippen MR) is 108 cm³/mol. The fourth-order valence-corrected chi connectivity index (χ4v) is 2.65. The first kappa shape index (κ1) is 21.9. The van der Waals surface area contributed by atoms with Gasteiger partial charge in [-0.25, -0.2) is 4.79 Å². The van der Waals surface area contributed by atoms with E-state index in [4.69, 9.17) is 4.74 Å². The van der Waals surface area contributed by atoms with Crippen molar-refractivity contribution >= 4 is 34.5 Å². The van der Waals surface area contributed by atoms with Gasteiger partial charge in [-0.1, -0.05) is 36.4 Å². The van der Waals surface area contributed by atoms with Crippen LogP contribution in [0.3, 0.4) is 0 Å². The Labute approximate surface area is 169 Å². The van der Waals surface area contributed by atoms with Crippen molar-refractivity contribution in [2.75, 3.05) is 0 Å². The first-order valence-electron chi connectivity index (χ1n) is 9.26. The zero-order valence-corrected chi connectivity index (χ0v) is 16.8. The number of nitrogens with one attached hydrogen (secondary N) is 3. The molecule has 3 atom stereocenters. The van der Waals surface area contributed by atoms with E-state index in [9.17, 15) is 19.2 Å². The average molecular weight is 399 g/mol. The van der Waals surface area contributed by atoms with E-state index in [1.165, 1.54) is 27.7 Å². The minimum absolute atomic E-state index is 0.352. The van der Waals surface area contributed by atoms with E-state index in [1.807, 2.05) is 30.3 Å². The van der Waals surface area contributed by atoms with E-state index in [-0.39, 0.29) is 5.91 Å². The molecule has 2 aromatic carbocycles. The smallest absolute Gasteiger partial charge is 0.333 e. The highest BCUT2D eigenvalue weighted by Crippen LogP contribution is 2.25. The molecule has 0 spiro atoms. The molecule has 3 amide bonds. The van der Waals surface area contributed by atoms with Crippen LogP contribution in [0.5, 0.6) is 5.75 Å². The topological polar surface area (TPSA) is 114 Å². The Morgan fingerprint density at radius 1 is 0.759 bits per heavy atom. The molecule has 0 unspecified atom stereocenters. The summed E-state index contributed by atoms with van der Waals surface area (Å²) in [6, 6.07) is 10.2. The molecule has 0 bridgehead atoms. The Morgan fingerprint density at radius 3 is 1.97 bits per heavy atom. The lowest BCUT2D eigenvalue weighted by Gasteiger charge is -2.20. The van der Waals surface area contributed by atoms with Gasteiger partial charge >= 0.3 is 5.97 Å². The van der Waals surface area contributed by atoms with Crippen molar-refractivity contribution < 1.29 is 23.9 Å². The van der Waals surface area contributed by atoms with Gasteiger partial charge in [0.1, 0.15) is 23.9 Å². The quantitative estimate of drug-likeness (QED) is 0.479. The Hall–Kier alpha value is -3.42. The van der Waals surface area contributed by atoms with Crippen molar-refractivity contribution in [1.29, 1.82) is 0 Å². The maximum absolute atomic E-state index is 12.4. The molecular formula is C21H25N3O5. The molecule has 2 rings (SSSR count). The van der Waals surface area contributed by atoms with Crippen molar-refractivity contribution in [2.24, 2.45) is 0 Å². The number of ether oxygens (including phenoxy) is 1. The van der Waals surface area contributed by atoms with Gasteiger partial charge in [-0.15, -0.1) is 0 Å². The molecule has 2 aromatic rings. The van der Waals surface area contributed by atoms with Gasteiger partial charge in [-0.05, 0) is 32.2 Å². The van der Waals surface area contributed by atoms with Crippen molar-refractivity contribution in [1.82, 2.24) is 16.0 Å². The number of fused-ring (bicyclic) bond motifs is 1. The van der Waals surface area contributed by atoms with E-state index < -0.39 is 35.9 Å². The Morgan fingerprint density at radius 2 is 1.31 bits per heavy atom. The van der Waals surface area contributed by atoms with E-state index in [1.54, 1.807) is 12.1 Å².